The van der Waals surface area contributed by atoms with Crippen molar-refractivity contribution in [1.82, 2.24) is 10.3 Å². The molecule has 4 heteroatoms. The zero-order chi connectivity index (χ0) is 11.5. The van der Waals surface area contributed by atoms with Crippen LogP contribution in [0.5, 0.6) is 0 Å². The number of aromatic nitrogens is 1. The second kappa shape index (κ2) is 4.78. The van der Waals surface area contributed by atoms with Crippen LogP contribution in [0.2, 0.25) is 0 Å². The van der Waals surface area contributed by atoms with Crippen LogP contribution in [-0.4, -0.2) is 10.8 Å². The van der Waals surface area contributed by atoms with Crippen molar-refractivity contribution in [2.45, 2.75) is 39.2 Å². The Hall–Kier alpha value is -1.16. The Kier molecular flexibility index (Phi) is 3.39. The SMILES string of the molecule is CCc1cnc(C(C)NC2=CC(=O)CC2)s1. The highest BCUT2D eigenvalue weighted by Crippen LogP contribution is 2.23. The molecule has 1 aliphatic rings. The molecule has 2 rings (SSSR count). The molecule has 1 N–H and O–H groups in total. The third-order valence-electron chi connectivity index (χ3n) is 2.67. The van der Waals surface area contributed by atoms with Crippen molar-refractivity contribution in [2.24, 2.45) is 0 Å². The minimum Gasteiger partial charge on any atom is -0.379 e. The molecule has 0 saturated carbocycles. The standard InChI is InChI=1S/C12H16N2OS/c1-3-11-7-13-12(16-11)8(2)14-9-4-5-10(15)6-9/h6-8,14H,3-5H2,1-2H3. The third kappa shape index (κ3) is 2.50. The number of ketones is 1. The van der Waals surface area contributed by atoms with Gasteiger partial charge in [-0.05, 0) is 19.8 Å². The van der Waals surface area contributed by atoms with Crippen molar-refractivity contribution in [3.63, 3.8) is 0 Å². The van der Waals surface area contributed by atoms with E-state index < -0.39 is 0 Å². The van der Waals surface area contributed by atoms with Crippen molar-refractivity contribution >= 4 is 17.1 Å². The molecule has 1 atom stereocenters. The van der Waals surface area contributed by atoms with E-state index in [-0.39, 0.29) is 11.8 Å². The van der Waals surface area contributed by atoms with E-state index in [0.29, 0.717) is 6.42 Å². The van der Waals surface area contributed by atoms with Gasteiger partial charge in [-0.25, -0.2) is 4.98 Å². The molecule has 0 radical (unpaired) electrons. The molecule has 1 aliphatic carbocycles. The Morgan fingerprint density at radius 1 is 1.56 bits per heavy atom. The summed E-state index contributed by atoms with van der Waals surface area (Å²) >= 11 is 1.74. The van der Waals surface area contributed by atoms with Gasteiger partial charge in [-0.15, -0.1) is 11.3 Å². The van der Waals surface area contributed by atoms with Gasteiger partial charge in [-0.2, -0.15) is 0 Å². The molecule has 1 unspecified atom stereocenters. The topological polar surface area (TPSA) is 42.0 Å². The smallest absolute Gasteiger partial charge is 0.157 e. The van der Waals surface area contributed by atoms with E-state index in [1.165, 1.54) is 4.88 Å². The summed E-state index contributed by atoms with van der Waals surface area (Å²) in [4.78, 5) is 16.8. The van der Waals surface area contributed by atoms with Gasteiger partial charge in [0.25, 0.3) is 0 Å². The van der Waals surface area contributed by atoms with Crippen LogP contribution in [0.1, 0.15) is 42.6 Å². The third-order valence-corrected chi connectivity index (χ3v) is 3.99. The normalized spacial score (nSPS) is 17.4. The highest BCUT2D eigenvalue weighted by molar-refractivity contribution is 7.11. The number of nitrogens with zero attached hydrogens (tertiary/aromatic N) is 1. The van der Waals surface area contributed by atoms with Crippen LogP contribution < -0.4 is 5.32 Å². The van der Waals surface area contributed by atoms with Crippen molar-refractivity contribution in [3.05, 3.63) is 27.9 Å². The molecule has 1 aromatic heterocycles. The van der Waals surface area contributed by atoms with Crippen molar-refractivity contribution < 1.29 is 4.79 Å². The molecule has 3 nitrogen and oxygen atoms in total. The van der Waals surface area contributed by atoms with Crippen LogP contribution in [0.15, 0.2) is 18.0 Å². The maximum absolute atomic E-state index is 11.1. The first-order chi connectivity index (χ1) is 7.69. The maximum atomic E-state index is 11.1. The molecule has 1 aromatic rings. The number of carbonyl (C=O) groups is 1. The highest BCUT2D eigenvalue weighted by Gasteiger charge is 2.16. The number of aryl methyl sites for hydroxylation is 1. The Labute approximate surface area is 99.6 Å². The van der Waals surface area contributed by atoms with Gasteiger partial charge in [0, 0.05) is 29.3 Å². The molecular weight excluding hydrogens is 220 g/mol. The minimum atomic E-state index is 0.197. The summed E-state index contributed by atoms with van der Waals surface area (Å²) in [5, 5.41) is 4.45. The monoisotopic (exact) mass is 236 g/mol. The Morgan fingerprint density at radius 2 is 2.38 bits per heavy atom. The number of hydrogen-bond donors (Lipinski definition) is 1. The molecule has 16 heavy (non-hydrogen) atoms. The first-order valence-electron chi connectivity index (χ1n) is 5.63. The molecule has 0 spiro atoms. The second-order valence-corrected chi connectivity index (χ2v) is 5.17. The molecule has 86 valence electrons. The summed E-state index contributed by atoms with van der Waals surface area (Å²) in [6, 6.07) is 0.197. The van der Waals surface area contributed by atoms with Gasteiger partial charge in [-0.3, -0.25) is 4.79 Å². The van der Waals surface area contributed by atoms with Gasteiger partial charge in [0.05, 0.1) is 6.04 Å². The van der Waals surface area contributed by atoms with Gasteiger partial charge in [0.1, 0.15) is 5.01 Å². The summed E-state index contributed by atoms with van der Waals surface area (Å²) < 4.78 is 0. The number of thiazole rings is 1. The lowest BCUT2D eigenvalue weighted by Gasteiger charge is -2.12. The average molecular weight is 236 g/mol. The first kappa shape index (κ1) is 11.3. The molecule has 0 saturated heterocycles. The lowest BCUT2D eigenvalue weighted by atomic mass is 10.3. The summed E-state index contributed by atoms with van der Waals surface area (Å²) in [5.74, 6) is 0.225. The summed E-state index contributed by atoms with van der Waals surface area (Å²) in [5.41, 5.74) is 1.05. The van der Waals surface area contributed by atoms with Gasteiger partial charge in [-0.1, -0.05) is 6.92 Å². The molecule has 0 amide bonds. The number of nitrogens with one attached hydrogen (secondary N) is 1. The van der Waals surface area contributed by atoms with E-state index in [2.05, 4.69) is 24.1 Å². The minimum absolute atomic E-state index is 0.197. The maximum Gasteiger partial charge on any atom is 0.157 e. The number of allylic oxidation sites excluding steroid dienone is 2. The van der Waals surface area contributed by atoms with Crippen LogP contribution in [-0.2, 0) is 11.2 Å². The fourth-order valence-corrected chi connectivity index (χ4v) is 2.60. The van der Waals surface area contributed by atoms with E-state index >= 15 is 0 Å². The number of rotatable bonds is 4. The lowest BCUT2D eigenvalue weighted by molar-refractivity contribution is -0.114. The number of carbonyl (C=O) groups excluding carboxylic acids is 1. The van der Waals surface area contributed by atoms with Crippen molar-refractivity contribution in [1.29, 1.82) is 0 Å². The second-order valence-electron chi connectivity index (χ2n) is 4.02. The van der Waals surface area contributed by atoms with Gasteiger partial charge in [0.2, 0.25) is 0 Å². The Bertz CT molecular complexity index is 422. The quantitative estimate of drug-likeness (QED) is 0.873. The van der Waals surface area contributed by atoms with Crippen LogP contribution in [0.3, 0.4) is 0 Å². The van der Waals surface area contributed by atoms with E-state index in [1.54, 1.807) is 17.4 Å². The van der Waals surface area contributed by atoms with Crippen molar-refractivity contribution in [2.75, 3.05) is 0 Å². The summed E-state index contributed by atoms with van der Waals surface area (Å²) in [7, 11) is 0. The van der Waals surface area contributed by atoms with Gasteiger partial charge >= 0.3 is 0 Å². The van der Waals surface area contributed by atoms with Crippen LogP contribution in [0.4, 0.5) is 0 Å². The predicted octanol–water partition coefficient (Wildman–Crippen LogP) is 2.60. The van der Waals surface area contributed by atoms with E-state index in [9.17, 15) is 4.79 Å². The molecule has 1 heterocycles. The first-order valence-corrected chi connectivity index (χ1v) is 6.45. The van der Waals surface area contributed by atoms with Gasteiger partial charge in [0.15, 0.2) is 5.78 Å². The average Bonchev–Trinajstić information content (AvgIpc) is 2.87. The Balaban J connectivity index is 2.00. The van der Waals surface area contributed by atoms with Crippen LogP contribution >= 0.6 is 11.3 Å². The molecule has 0 bridgehead atoms. The fraction of sp³-hybridized carbons (Fsp3) is 0.500. The molecule has 0 fully saturated rings. The van der Waals surface area contributed by atoms with Crippen LogP contribution in [0, 0.1) is 0 Å². The van der Waals surface area contributed by atoms with Crippen molar-refractivity contribution in [3.8, 4) is 0 Å². The number of hydrogen-bond acceptors (Lipinski definition) is 4. The molecular formula is C12H16N2OS. The van der Waals surface area contributed by atoms with E-state index in [4.69, 9.17) is 0 Å². The Morgan fingerprint density at radius 3 is 2.94 bits per heavy atom. The summed E-state index contributed by atoms with van der Waals surface area (Å²) in [6.07, 6.45) is 6.17. The lowest BCUT2D eigenvalue weighted by Crippen LogP contribution is -2.16. The fourth-order valence-electron chi connectivity index (χ4n) is 1.74. The summed E-state index contributed by atoms with van der Waals surface area (Å²) in [6.45, 7) is 4.22. The zero-order valence-corrected chi connectivity index (χ0v) is 10.4. The predicted molar refractivity (Wildman–Crippen MR) is 65.4 cm³/mol. The van der Waals surface area contributed by atoms with Gasteiger partial charge < -0.3 is 5.32 Å². The molecule has 0 aliphatic heterocycles. The highest BCUT2D eigenvalue weighted by atomic mass is 32.1. The molecule has 0 aromatic carbocycles. The van der Waals surface area contributed by atoms with E-state index in [1.807, 2.05) is 6.20 Å². The van der Waals surface area contributed by atoms with Crippen LogP contribution in [0.25, 0.3) is 0 Å². The van der Waals surface area contributed by atoms with E-state index in [0.717, 1.165) is 23.5 Å². The zero-order valence-electron chi connectivity index (χ0n) is 9.62. The largest absolute Gasteiger partial charge is 0.379 e.